The molecule has 0 atom stereocenters. The van der Waals surface area contributed by atoms with Gasteiger partial charge in [0, 0.05) is 10.9 Å². The highest BCUT2D eigenvalue weighted by Crippen LogP contribution is 2.44. The number of ether oxygens (including phenoxy) is 3. The number of esters is 1. The molecule has 2 heterocycles. The first-order valence-corrected chi connectivity index (χ1v) is 8.92. The molecule has 0 radical (unpaired) electrons. The third kappa shape index (κ3) is 3.14. The maximum absolute atomic E-state index is 12.5. The molecule has 132 valence electrons. The molecular formula is C17H18N2O4S2. The van der Waals surface area contributed by atoms with Crippen molar-refractivity contribution in [3.63, 3.8) is 0 Å². The highest BCUT2D eigenvalue weighted by molar-refractivity contribution is 7.80. The molecule has 0 amide bonds. The summed E-state index contributed by atoms with van der Waals surface area (Å²) in [4.78, 5) is 15.1. The fraction of sp³-hybridized carbons (Fsp3) is 0.294. The molecule has 0 spiro atoms. The quantitative estimate of drug-likeness (QED) is 0.643. The minimum atomic E-state index is -0.393. The van der Waals surface area contributed by atoms with Crippen molar-refractivity contribution in [2.24, 2.45) is 5.73 Å². The Kier molecular flexibility index (Phi) is 4.82. The molecule has 1 aliphatic rings. The maximum Gasteiger partial charge on any atom is 0.341 e. The van der Waals surface area contributed by atoms with Crippen molar-refractivity contribution in [2.75, 3.05) is 18.3 Å². The standard InChI is InChI=1S/C17H18N2O4S2/c1-4-21-16(20)14-9(2)10(3)25-15(14)19(17(18)24)12-6-5-11-7-13(12)23-8-22-11/h5-7H,4,8H2,1-3H3,(H2,18,24). The van der Waals surface area contributed by atoms with Crippen LogP contribution >= 0.6 is 23.6 Å². The molecular weight excluding hydrogens is 360 g/mol. The van der Waals surface area contributed by atoms with Gasteiger partial charge >= 0.3 is 5.97 Å². The molecule has 0 fully saturated rings. The van der Waals surface area contributed by atoms with Crippen LogP contribution in [0.2, 0.25) is 0 Å². The third-order valence-electron chi connectivity index (χ3n) is 3.88. The molecule has 0 saturated heterocycles. The first-order valence-electron chi connectivity index (χ1n) is 7.70. The minimum Gasteiger partial charge on any atom is -0.462 e. The number of carbonyl (C=O) groups is 1. The second kappa shape index (κ2) is 6.89. The summed E-state index contributed by atoms with van der Waals surface area (Å²) >= 11 is 6.71. The Balaban J connectivity index is 2.16. The molecule has 3 rings (SSSR count). The van der Waals surface area contributed by atoms with E-state index in [2.05, 4.69) is 0 Å². The van der Waals surface area contributed by atoms with Gasteiger partial charge in [0.2, 0.25) is 6.79 Å². The van der Waals surface area contributed by atoms with Gasteiger partial charge in [-0.1, -0.05) is 0 Å². The molecule has 0 saturated carbocycles. The van der Waals surface area contributed by atoms with Crippen molar-refractivity contribution < 1.29 is 19.0 Å². The summed E-state index contributed by atoms with van der Waals surface area (Å²) in [5.74, 6) is 0.905. The number of carbonyl (C=O) groups excluding carboxylic acids is 1. The van der Waals surface area contributed by atoms with Crippen molar-refractivity contribution in [3.8, 4) is 11.5 Å². The van der Waals surface area contributed by atoms with Gasteiger partial charge in [-0.05, 0) is 50.7 Å². The summed E-state index contributed by atoms with van der Waals surface area (Å²) in [5.41, 5.74) is 7.99. The first kappa shape index (κ1) is 17.5. The van der Waals surface area contributed by atoms with Crippen molar-refractivity contribution in [1.29, 1.82) is 0 Å². The molecule has 1 aromatic carbocycles. The summed E-state index contributed by atoms with van der Waals surface area (Å²) in [7, 11) is 0. The van der Waals surface area contributed by atoms with Gasteiger partial charge in [0.15, 0.2) is 10.9 Å². The van der Waals surface area contributed by atoms with Crippen LogP contribution in [0.3, 0.4) is 0 Å². The van der Waals surface area contributed by atoms with E-state index >= 15 is 0 Å². The fourth-order valence-corrected chi connectivity index (χ4v) is 4.00. The van der Waals surface area contributed by atoms with Crippen LogP contribution in [0.25, 0.3) is 0 Å². The van der Waals surface area contributed by atoms with Gasteiger partial charge in [0.25, 0.3) is 0 Å². The Hall–Kier alpha value is -2.32. The van der Waals surface area contributed by atoms with Crippen molar-refractivity contribution in [2.45, 2.75) is 20.8 Å². The topological polar surface area (TPSA) is 74.0 Å². The minimum absolute atomic E-state index is 0.117. The number of thiocarbonyl (C=S) groups is 1. The molecule has 8 heteroatoms. The van der Waals surface area contributed by atoms with Crippen molar-refractivity contribution >= 4 is 45.3 Å². The largest absolute Gasteiger partial charge is 0.462 e. The molecule has 1 aliphatic heterocycles. The zero-order valence-electron chi connectivity index (χ0n) is 14.1. The molecule has 2 N–H and O–H groups in total. The van der Waals surface area contributed by atoms with Crippen LogP contribution in [0.5, 0.6) is 11.5 Å². The van der Waals surface area contributed by atoms with Crippen LogP contribution in [-0.4, -0.2) is 24.5 Å². The summed E-state index contributed by atoms with van der Waals surface area (Å²) in [5, 5.41) is 0.742. The number of benzene rings is 1. The number of anilines is 2. The van der Waals surface area contributed by atoms with Crippen LogP contribution in [0, 0.1) is 13.8 Å². The lowest BCUT2D eigenvalue weighted by Gasteiger charge is -2.27. The lowest BCUT2D eigenvalue weighted by molar-refractivity contribution is 0.0527. The van der Waals surface area contributed by atoms with Gasteiger partial charge in [-0.15, -0.1) is 11.3 Å². The van der Waals surface area contributed by atoms with Gasteiger partial charge in [0.1, 0.15) is 10.8 Å². The number of hydrogen-bond donors (Lipinski definition) is 1. The zero-order valence-corrected chi connectivity index (χ0v) is 15.8. The fourth-order valence-electron chi connectivity index (χ4n) is 2.58. The van der Waals surface area contributed by atoms with E-state index in [0.29, 0.717) is 34.4 Å². The molecule has 2 bridgehead atoms. The SMILES string of the molecule is CCOC(=O)c1c(N(C(N)=S)c2ccc3cc2OCO3)sc(C)c1C. The Bertz CT molecular complexity index is 847. The smallest absolute Gasteiger partial charge is 0.341 e. The number of rotatable bonds is 4. The number of aryl methyl sites for hydroxylation is 1. The van der Waals surface area contributed by atoms with E-state index in [1.807, 2.05) is 26.0 Å². The highest BCUT2D eigenvalue weighted by Gasteiger charge is 2.29. The second-order valence-electron chi connectivity index (χ2n) is 5.39. The zero-order chi connectivity index (χ0) is 18.1. The van der Waals surface area contributed by atoms with Gasteiger partial charge in [-0.3, -0.25) is 4.90 Å². The van der Waals surface area contributed by atoms with Crippen LogP contribution in [0.4, 0.5) is 10.7 Å². The average Bonchev–Trinajstić information content (AvgIpc) is 2.85. The molecule has 2 aromatic rings. The Morgan fingerprint density at radius 3 is 2.84 bits per heavy atom. The molecule has 1 aromatic heterocycles. The number of fused-ring (bicyclic) bond motifs is 2. The normalized spacial score (nSPS) is 12.1. The molecule has 25 heavy (non-hydrogen) atoms. The van der Waals surface area contributed by atoms with Gasteiger partial charge in [0.05, 0.1) is 17.9 Å². The van der Waals surface area contributed by atoms with Crippen LogP contribution in [-0.2, 0) is 4.74 Å². The number of hydrogen-bond acceptors (Lipinski definition) is 6. The Labute approximate surface area is 155 Å². The predicted molar refractivity (Wildman–Crippen MR) is 101 cm³/mol. The monoisotopic (exact) mass is 378 g/mol. The summed E-state index contributed by atoms with van der Waals surface area (Å²) in [6.45, 7) is 6.01. The summed E-state index contributed by atoms with van der Waals surface area (Å²) in [6.07, 6.45) is 0. The van der Waals surface area contributed by atoms with E-state index in [4.69, 9.17) is 32.2 Å². The molecule has 0 unspecified atom stereocenters. The van der Waals surface area contributed by atoms with E-state index in [1.165, 1.54) is 11.3 Å². The second-order valence-corrected chi connectivity index (χ2v) is 7.02. The van der Waals surface area contributed by atoms with Crippen LogP contribution in [0.1, 0.15) is 27.7 Å². The Morgan fingerprint density at radius 1 is 1.40 bits per heavy atom. The van der Waals surface area contributed by atoms with E-state index in [-0.39, 0.29) is 11.9 Å². The van der Waals surface area contributed by atoms with Crippen molar-refractivity contribution in [1.82, 2.24) is 0 Å². The Morgan fingerprint density at radius 2 is 2.16 bits per heavy atom. The maximum atomic E-state index is 12.5. The number of nitrogens with zero attached hydrogens (tertiary/aromatic N) is 1. The van der Waals surface area contributed by atoms with Crippen LogP contribution in [0.15, 0.2) is 18.2 Å². The van der Waals surface area contributed by atoms with Crippen molar-refractivity contribution in [3.05, 3.63) is 34.2 Å². The van der Waals surface area contributed by atoms with E-state index in [0.717, 1.165) is 10.4 Å². The molecule has 0 aliphatic carbocycles. The van der Waals surface area contributed by atoms with Crippen LogP contribution < -0.4 is 20.1 Å². The summed E-state index contributed by atoms with van der Waals surface area (Å²) < 4.78 is 16.1. The lowest BCUT2D eigenvalue weighted by Crippen LogP contribution is -2.32. The molecule has 6 nitrogen and oxygen atoms in total. The highest BCUT2D eigenvalue weighted by atomic mass is 32.1. The summed E-state index contributed by atoms with van der Waals surface area (Å²) in [6, 6.07) is 5.38. The lowest BCUT2D eigenvalue weighted by atomic mass is 10.1. The third-order valence-corrected chi connectivity index (χ3v) is 5.26. The van der Waals surface area contributed by atoms with E-state index in [1.54, 1.807) is 17.9 Å². The van der Waals surface area contributed by atoms with Gasteiger partial charge < -0.3 is 19.9 Å². The van der Waals surface area contributed by atoms with E-state index < -0.39 is 5.97 Å². The van der Waals surface area contributed by atoms with Gasteiger partial charge in [-0.2, -0.15) is 0 Å². The van der Waals surface area contributed by atoms with Gasteiger partial charge in [-0.25, -0.2) is 4.79 Å². The average molecular weight is 378 g/mol. The van der Waals surface area contributed by atoms with E-state index in [9.17, 15) is 4.79 Å². The number of nitrogens with two attached hydrogens (primary N) is 1. The number of thiophene rings is 1. The first-order chi connectivity index (χ1) is 11.9. The predicted octanol–water partition coefficient (Wildman–Crippen LogP) is 3.65.